The topological polar surface area (TPSA) is 62.3 Å². The van der Waals surface area contributed by atoms with Gasteiger partial charge >= 0.3 is 0 Å². The summed E-state index contributed by atoms with van der Waals surface area (Å²) in [6.45, 7) is 0. The molecule has 0 radical (unpaired) electrons. The number of fused-ring (bicyclic) bond motifs is 1. The van der Waals surface area contributed by atoms with Gasteiger partial charge in [0.15, 0.2) is 5.13 Å². The quantitative estimate of drug-likeness (QED) is 0.850. The van der Waals surface area contributed by atoms with Crippen LogP contribution in [-0.2, 0) is 9.59 Å². The van der Waals surface area contributed by atoms with Crippen molar-refractivity contribution in [3.05, 3.63) is 24.3 Å². The number of amides is 2. The number of anilines is 1. The fraction of sp³-hybridized carbons (Fsp3) is 0.308. The summed E-state index contributed by atoms with van der Waals surface area (Å²) < 4.78 is 1.08. The predicted molar refractivity (Wildman–Crippen MR) is 74.0 cm³/mol. The van der Waals surface area contributed by atoms with Crippen LogP contribution in [0.1, 0.15) is 12.8 Å². The van der Waals surface area contributed by atoms with E-state index in [0.717, 1.165) is 15.3 Å². The number of likely N-dealkylation sites (N-methyl/N-ethyl adjacent to an activating group) is 1. The predicted octanol–water partition coefficient (Wildman–Crippen LogP) is 1.86. The van der Waals surface area contributed by atoms with Crippen LogP contribution in [0.15, 0.2) is 24.3 Å². The molecule has 6 heteroatoms. The van der Waals surface area contributed by atoms with E-state index in [2.05, 4.69) is 10.3 Å². The van der Waals surface area contributed by atoms with E-state index in [1.807, 2.05) is 24.3 Å². The van der Waals surface area contributed by atoms with Crippen molar-refractivity contribution in [1.82, 2.24) is 9.88 Å². The number of imide groups is 1. The summed E-state index contributed by atoms with van der Waals surface area (Å²) in [4.78, 5) is 29.0. The molecule has 1 N–H and O–H groups in total. The van der Waals surface area contributed by atoms with E-state index >= 15 is 0 Å². The average Bonchev–Trinajstić information content (AvgIpc) is 2.82. The highest BCUT2D eigenvalue weighted by molar-refractivity contribution is 7.22. The van der Waals surface area contributed by atoms with E-state index in [1.54, 1.807) is 0 Å². The van der Waals surface area contributed by atoms with Crippen molar-refractivity contribution in [2.45, 2.75) is 18.9 Å². The second kappa shape index (κ2) is 4.62. The minimum Gasteiger partial charge on any atom is -0.350 e. The molecule has 0 spiro atoms. The summed E-state index contributed by atoms with van der Waals surface area (Å²) in [5.41, 5.74) is 0.919. The van der Waals surface area contributed by atoms with E-state index in [-0.39, 0.29) is 17.9 Å². The fourth-order valence-electron chi connectivity index (χ4n) is 2.13. The maximum absolute atomic E-state index is 12.0. The molecule has 1 aliphatic heterocycles. The number of piperidine rings is 1. The number of nitrogens with one attached hydrogen (secondary N) is 1. The summed E-state index contributed by atoms with van der Waals surface area (Å²) in [6, 6.07) is 7.47. The third-order valence-corrected chi connectivity index (χ3v) is 4.21. The molecule has 1 fully saturated rings. The molecule has 1 aromatic carbocycles. The maximum Gasteiger partial charge on any atom is 0.251 e. The largest absolute Gasteiger partial charge is 0.350 e. The van der Waals surface area contributed by atoms with Gasteiger partial charge in [-0.25, -0.2) is 4.98 Å². The molecule has 1 aliphatic rings. The molecule has 1 atom stereocenters. The number of hydrogen-bond donors (Lipinski definition) is 1. The van der Waals surface area contributed by atoms with Gasteiger partial charge in [0.25, 0.3) is 5.91 Å². The lowest BCUT2D eigenvalue weighted by molar-refractivity contribution is -0.146. The molecule has 5 nitrogen and oxygen atoms in total. The fourth-order valence-corrected chi connectivity index (χ4v) is 3.05. The first-order chi connectivity index (χ1) is 9.15. The van der Waals surface area contributed by atoms with Crippen molar-refractivity contribution in [2.24, 2.45) is 0 Å². The SMILES string of the molecule is CN1C(=O)CCC(Nc2nc3ccccc3s2)C1=O. The third kappa shape index (κ3) is 2.19. The van der Waals surface area contributed by atoms with Crippen molar-refractivity contribution >= 4 is 38.5 Å². The number of thiazole rings is 1. The van der Waals surface area contributed by atoms with Crippen LogP contribution in [0.4, 0.5) is 5.13 Å². The van der Waals surface area contributed by atoms with Gasteiger partial charge in [-0.05, 0) is 18.6 Å². The Bertz CT molecular complexity index is 619. The Morgan fingerprint density at radius 2 is 2.16 bits per heavy atom. The molecule has 0 aliphatic carbocycles. The Morgan fingerprint density at radius 1 is 1.37 bits per heavy atom. The van der Waals surface area contributed by atoms with Crippen molar-refractivity contribution in [3.8, 4) is 0 Å². The van der Waals surface area contributed by atoms with Gasteiger partial charge in [-0.15, -0.1) is 0 Å². The van der Waals surface area contributed by atoms with Crippen LogP contribution in [0.2, 0.25) is 0 Å². The van der Waals surface area contributed by atoms with Crippen LogP contribution < -0.4 is 5.32 Å². The van der Waals surface area contributed by atoms with Gasteiger partial charge in [0.1, 0.15) is 6.04 Å². The zero-order valence-electron chi connectivity index (χ0n) is 10.4. The average molecular weight is 275 g/mol. The lowest BCUT2D eigenvalue weighted by Gasteiger charge is -2.27. The summed E-state index contributed by atoms with van der Waals surface area (Å²) in [5.74, 6) is -0.303. The van der Waals surface area contributed by atoms with Crippen LogP contribution in [0.5, 0.6) is 0 Å². The molecule has 1 saturated heterocycles. The molecule has 1 aromatic heterocycles. The number of para-hydroxylation sites is 1. The van der Waals surface area contributed by atoms with Gasteiger partial charge < -0.3 is 5.32 Å². The minimum absolute atomic E-state index is 0.118. The first kappa shape index (κ1) is 12.1. The molecule has 98 valence electrons. The highest BCUT2D eigenvalue weighted by Crippen LogP contribution is 2.27. The van der Waals surface area contributed by atoms with Gasteiger partial charge in [-0.3, -0.25) is 14.5 Å². The van der Waals surface area contributed by atoms with Gasteiger partial charge in [0.05, 0.1) is 10.2 Å². The number of benzene rings is 1. The van der Waals surface area contributed by atoms with Crippen molar-refractivity contribution < 1.29 is 9.59 Å². The molecular weight excluding hydrogens is 262 g/mol. The van der Waals surface area contributed by atoms with Crippen molar-refractivity contribution in [1.29, 1.82) is 0 Å². The maximum atomic E-state index is 12.0. The standard InChI is InChI=1S/C13H13N3O2S/c1-16-11(17)7-6-9(12(16)18)15-13-14-8-4-2-3-5-10(8)19-13/h2-5,9H,6-7H2,1H3,(H,14,15). The first-order valence-corrected chi connectivity index (χ1v) is 6.89. The smallest absolute Gasteiger partial charge is 0.251 e. The Labute approximate surface area is 114 Å². The van der Waals surface area contributed by atoms with Crippen LogP contribution in [0, 0.1) is 0 Å². The number of rotatable bonds is 2. The number of likely N-dealkylation sites (tertiary alicyclic amines) is 1. The Kier molecular flexibility index (Phi) is 2.94. The number of carbonyl (C=O) groups is 2. The van der Waals surface area contributed by atoms with E-state index in [0.29, 0.717) is 12.8 Å². The number of nitrogens with zero attached hydrogens (tertiary/aromatic N) is 2. The van der Waals surface area contributed by atoms with Gasteiger partial charge in [-0.1, -0.05) is 23.5 Å². The van der Waals surface area contributed by atoms with E-state index in [1.165, 1.54) is 23.3 Å². The third-order valence-electron chi connectivity index (χ3n) is 3.24. The minimum atomic E-state index is -0.358. The van der Waals surface area contributed by atoms with Gasteiger partial charge in [0.2, 0.25) is 5.91 Å². The van der Waals surface area contributed by atoms with Crippen molar-refractivity contribution in [2.75, 3.05) is 12.4 Å². The van der Waals surface area contributed by atoms with Gasteiger partial charge in [0, 0.05) is 13.5 Å². The molecule has 0 bridgehead atoms. The molecule has 2 heterocycles. The normalized spacial score (nSPS) is 20.1. The van der Waals surface area contributed by atoms with Gasteiger partial charge in [-0.2, -0.15) is 0 Å². The molecule has 2 amide bonds. The van der Waals surface area contributed by atoms with E-state index < -0.39 is 0 Å². The Morgan fingerprint density at radius 3 is 2.95 bits per heavy atom. The van der Waals surface area contributed by atoms with Crippen LogP contribution in [0.3, 0.4) is 0 Å². The highest BCUT2D eigenvalue weighted by Gasteiger charge is 2.32. The molecule has 19 heavy (non-hydrogen) atoms. The molecule has 0 saturated carbocycles. The summed E-state index contributed by atoms with van der Waals surface area (Å²) >= 11 is 1.52. The lowest BCUT2D eigenvalue weighted by atomic mass is 10.1. The number of hydrogen-bond acceptors (Lipinski definition) is 5. The molecule has 3 rings (SSSR count). The lowest BCUT2D eigenvalue weighted by Crippen LogP contribution is -2.48. The molecule has 2 aromatic rings. The van der Waals surface area contributed by atoms with Crippen LogP contribution in [-0.4, -0.2) is 34.8 Å². The molecule has 1 unspecified atom stereocenters. The summed E-state index contributed by atoms with van der Waals surface area (Å²) in [6.07, 6.45) is 0.919. The van der Waals surface area contributed by atoms with Crippen LogP contribution in [0.25, 0.3) is 10.2 Å². The Balaban J connectivity index is 1.81. The Hall–Kier alpha value is -1.95. The number of aromatic nitrogens is 1. The second-order valence-electron chi connectivity index (χ2n) is 4.51. The van der Waals surface area contributed by atoms with E-state index in [9.17, 15) is 9.59 Å². The monoisotopic (exact) mass is 275 g/mol. The van der Waals surface area contributed by atoms with E-state index in [4.69, 9.17) is 0 Å². The second-order valence-corrected chi connectivity index (χ2v) is 5.54. The van der Waals surface area contributed by atoms with Crippen molar-refractivity contribution in [3.63, 3.8) is 0 Å². The summed E-state index contributed by atoms with van der Waals surface area (Å²) in [5, 5.41) is 3.86. The summed E-state index contributed by atoms with van der Waals surface area (Å²) in [7, 11) is 1.52. The molecular formula is C13H13N3O2S. The zero-order valence-corrected chi connectivity index (χ0v) is 11.2. The zero-order chi connectivity index (χ0) is 13.4. The first-order valence-electron chi connectivity index (χ1n) is 6.07. The van der Waals surface area contributed by atoms with Crippen LogP contribution >= 0.6 is 11.3 Å². The number of carbonyl (C=O) groups excluding carboxylic acids is 2. The highest BCUT2D eigenvalue weighted by atomic mass is 32.1.